The molecule has 1 N–H and O–H groups in total. The Kier molecular flexibility index (Phi) is 3.68. The Hall–Kier alpha value is -1.49. The molecule has 1 atom stereocenters. The monoisotopic (exact) mass is 241 g/mol. The second-order valence-electron chi connectivity index (χ2n) is 3.97. The van der Waals surface area contributed by atoms with E-state index in [1.165, 1.54) is 0 Å². The van der Waals surface area contributed by atoms with E-state index in [-0.39, 0.29) is 11.7 Å². The third kappa shape index (κ3) is 3.00. The zero-order valence-corrected chi connectivity index (χ0v) is 9.21. The Labute approximate surface area is 97.8 Å². The summed E-state index contributed by atoms with van der Waals surface area (Å²) in [5.74, 6) is -2.09. The first-order valence-electron chi connectivity index (χ1n) is 5.51. The molecule has 2 rings (SSSR count). The van der Waals surface area contributed by atoms with E-state index in [1.807, 2.05) is 0 Å². The SMILES string of the molecule is O=C(NC[C@@H]1CCCO1)c1ccc(F)cc1F. The fourth-order valence-electron chi connectivity index (χ4n) is 1.78. The summed E-state index contributed by atoms with van der Waals surface area (Å²) in [5.41, 5.74) is -0.149. The fourth-order valence-corrected chi connectivity index (χ4v) is 1.78. The Balaban J connectivity index is 1.94. The van der Waals surface area contributed by atoms with Crippen LogP contribution >= 0.6 is 0 Å². The molecule has 0 unspecified atom stereocenters. The molecule has 1 heterocycles. The third-order valence-electron chi connectivity index (χ3n) is 2.69. The molecular weight excluding hydrogens is 228 g/mol. The smallest absolute Gasteiger partial charge is 0.254 e. The minimum Gasteiger partial charge on any atom is -0.376 e. The van der Waals surface area contributed by atoms with Crippen molar-refractivity contribution in [2.24, 2.45) is 0 Å². The average Bonchev–Trinajstić information content (AvgIpc) is 2.78. The van der Waals surface area contributed by atoms with Crippen LogP contribution in [-0.4, -0.2) is 25.2 Å². The van der Waals surface area contributed by atoms with Crippen LogP contribution in [-0.2, 0) is 4.74 Å². The van der Waals surface area contributed by atoms with Crippen molar-refractivity contribution < 1.29 is 18.3 Å². The standard InChI is InChI=1S/C12H13F2NO2/c13-8-3-4-10(11(14)6-8)12(16)15-7-9-2-1-5-17-9/h3-4,6,9H,1-2,5,7H2,(H,15,16)/t9-/m0/s1. The number of halogens is 2. The van der Waals surface area contributed by atoms with Crippen molar-refractivity contribution in [2.45, 2.75) is 18.9 Å². The Morgan fingerprint density at radius 2 is 2.29 bits per heavy atom. The molecule has 0 saturated carbocycles. The molecule has 1 aliphatic heterocycles. The average molecular weight is 241 g/mol. The highest BCUT2D eigenvalue weighted by Gasteiger charge is 2.18. The first-order chi connectivity index (χ1) is 8.16. The summed E-state index contributed by atoms with van der Waals surface area (Å²) in [7, 11) is 0. The largest absolute Gasteiger partial charge is 0.376 e. The van der Waals surface area contributed by atoms with Crippen molar-refractivity contribution >= 4 is 5.91 Å². The van der Waals surface area contributed by atoms with E-state index in [0.29, 0.717) is 19.2 Å². The lowest BCUT2D eigenvalue weighted by atomic mass is 10.2. The van der Waals surface area contributed by atoms with Gasteiger partial charge < -0.3 is 10.1 Å². The van der Waals surface area contributed by atoms with Crippen LogP contribution in [0.15, 0.2) is 18.2 Å². The van der Waals surface area contributed by atoms with Crippen LogP contribution in [0.4, 0.5) is 8.78 Å². The van der Waals surface area contributed by atoms with Crippen molar-refractivity contribution in [3.8, 4) is 0 Å². The summed E-state index contributed by atoms with van der Waals surface area (Å²) >= 11 is 0. The van der Waals surface area contributed by atoms with Crippen molar-refractivity contribution in [1.29, 1.82) is 0 Å². The maximum atomic E-state index is 13.3. The van der Waals surface area contributed by atoms with Gasteiger partial charge in [0.1, 0.15) is 11.6 Å². The van der Waals surface area contributed by atoms with Gasteiger partial charge in [-0.1, -0.05) is 0 Å². The van der Waals surface area contributed by atoms with Gasteiger partial charge in [0.2, 0.25) is 0 Å². The van der Waals surface area contributed by atoms with Crippen molar-refractivity contribution in [3.63, 3.8) is 0 Å². The van der Waals surface area contributed by atoms with E-state index >= 15 is 0 Å². The molecule has 1 aliphatic rings. The highest BCUT2D eigenvalue weighted by molar-refractivity contribution is 5.94. The quantitative estimate of drug-likeness (QED) is 0.877. The van der Waals surface area contributed by atoms with Gasteiger partial charge in [0, 0.05) is 19.2 Å². The number of ether oxygens (including phenoxy) is 1. The number of nitrogens with one attached hydrogen (secondary N) is 1. The van der Waals surface area contributed by atoms with E-state index in [9.17, 15) is 13.6 Å². The topological polar surface area (TPSA) is 38.3 Å². The van der Waals surface area contributed by atoms with Gasteiger partial charge in [0.05, 0.1) is 11.7 Å². The van der Waals surface area contributed by atoms with Crippen LogP contribution in [0.3, 0.4) is 0 Å². The van der Waals surface area contributed by atoms with Gasteiger partial charge in [-0.3, -0.25) is 4.79 Å². The molecule has 0 aliphatic carbocycles. The van der Waals surface area contributed by atoms with Gasteiger partial charge >= 0.3 is 0 Å². The zero-order chi connectivity index (χ0) is 12.3. The van der Waals surface area contributed by atoms with E-state index in [4.69, 9.17) is 4.74 Å². The van der Waals surface area contributed by atoms with Gasteiger partial charge in [-0.25, -0.2) is 8.78 Å². The molecule has 3 nitrogen and oxygen atoms in total. The number of hydrogen-bond acceptors (Lipinski definition) is 2. The molecular formula is C12H13F2NO2. The molecule has 1 amide bonds. The molecule has 1 fully saturated rings. The van der Waals surface area contributed by atoms with Crippen LogP contribution in [0.25, 0.3) is 0 Å². The van der Waals surface area contributed by atoms with Gasteiger partial charge in [-0.2, -0.15) is 0 Å². The zero-order valence-electron chi connectivity index (χ0n) is 9.21. The summed E-state index contributed by atoms with van der Waals surface area (Å²) in [6.45, 7) is 1.06. The van der Waals surface area contributed by atoms with E-state index in [1.54, 1.807) is 0 Å². The lowest BCUT2D eigenvalue weighted by molar-refractivity contribution is 0.0854. The summed E-state index contributed by atoms with van der Waals surface area (Å²) in [6, 6.07) is 2.89. The van der Waals surface area contributed by atoms with Crippen LogP contribution in [0.1, 0.15) is 23.2 Å². The Morgan fingerprint density at radius 3 is 2.94 bits per heavy atom. The summed E-state index contributed by atoms with van der Waals surface area (Å²) in [4.78, 5) is 11.6. The number of rotatable bonds is 3. The molecule has 0 bridgehead atoms. The van der Waals surface area contributed by atoms with Gasteiger partial charge in [0.25, 0.3) is 5.91 Å². The first kappa shape index (κ1) is 12.0. The number of carbonyl (C=O) groups is 1. The Morgan fingerprint density at radius 1 is 1.47 bits per heavy atom. The molecule has 0 spiro atoms. The van der Waals surface area contributed by atoms with Crippen molar-refractivity contribution in [3.05, 3.63) is 35.4 Å². The van der Waals surface area contributed by atoms with Crippen LogP contribution < -0.4 is 5.32 Å². The highest BCUT2D eigenvalue weighted by atomic mass is 19.1. The molecule has 1 aromatic rings. The van der Waals surface area contributed by atoms with E-state index < -0.39 is 17.5 Å². The second-order valence-corrected chi connectivity index (χ2v) is 3.97. The number of carbonyl (C=O) groups excluding carboxylic acids is 1. The van der Waals surface area contributed by atoms with Crippen LogP contribution in [0.5, 0.6) is 0 Å². The maximum Gasteiger partial charge on any atom is 0.254 e. The fraction of sp³-hybridized carbons (Fsp3) is 0.417. The lowest BCUT2D eigenvalue weighted by Gasteiger charge is -2.11. The minimum absolute atomic E-state index is 0.00228. The summed E-state index contributed by atoms with van der Waals surface area (Å²) in [5, 5.41) is 2.57. The second kappa shape index (κ2) is 5.23. The molecule has 17 heavy (non-hydrogen) atoms. The number of hydrogen-bond donors (Lipinski definition) is 1. The van der Waals surface area contributed by atoms with Gasteiger partial charge in [-0.05, 0) is 25.0 Å². The van der Waals surface area contributed by atoms with Crippen LogP contribution in [0.2, 0.25) is 0 Å². The number of benzene rings is 1. The van der Waals surface area contributed by atoms with Crippen molar-refractivity contribution in [2.75, 3.05) is 13.2 Å². The maximum absolute atomic E-state index is 13.3. The minimum atomic E-state index is -0.852. The van der Waals surface area contributed by atoms with Crippen molar-refractivity contribution in [1.82, 2.24) is 5.32 Å². The van der Waals surface area contributed by atoms with Gasteiger partial charge in [0.15, 0.2) is 0 Å². The highest BCUT2D eigenvalue weighted by Crippen LogP contribution is 2.12. The molecule has 1 aromatic carbocycles. The third-order valence-corrected chi connectivity index (χ3v) is 2.69. The summed E-state index contributed by atoms with van der Waals surface area (Å²) in [6.07, 6.45) is 1.87. The molecule has 5 heteroatoms. The Bertz CT molecular complexity index is 417. The summed E-state index contributed by atoms with van der Waals surface area (Å²) < 4.78 is 31.2. The van der Waals surface area contributed by atoms with Crippen LogP contribution in [0, 0.1) is 11.6 Å². The van der Waals surface area contributed by atoms with Gasteiger partial charge in [-0.15, -0.1) is 0 Å². The predicted octanol–water partition coefficient (Wildman–Crippen LogP) is 1.87. The van der Waals surface area contributed by atoms with E-state index in [2.05, 4.69) is 5.32 Å². The molecule has 0 aromatic heterocycles. The normalized spacial score (nSPS) is 19.3. The lowest BCUT2D eigenvalue weighted by Crippen LogP contribution is -2.32. The first-order valence-corrected chi connectivity index (χ1v) is 5.51. The molecule has 1 saturated heterocycles. The molecule has 0 radical (unpaired) electrons. The molecule has 92 valence electrons. The predicted molar refractivity (Wildman–Crippen MR) is 57.7 cm³/mol. The van der Waals surface area contributed by atoms with E-state index in [0.717, 1.165) is 25.0 Å². The number of amides is 1.